The van der Waals surface area contributed by atoms with Crippen molar-refractivity contribution in [1.82, 2.24) is 8.88 Å². The minimum absolute atomic E-state index is 0.0823. The molecule has 0 fully saturated rings. The summed E-state index contributed by atoms with van der Waals surface area (Å²) >= 11 is 0. The van der Waals surface area contributed by atoms with Crippen LogP contribution in [0.5, 0.6) is 0 Å². The number of hydrogen-bond acceptors (Lipinski definition) is 2. The highest BCUT2D eigenvalue weighted by atomic mass is 16.3. The van der Waals surface area contributed by atoms with E-state index in [-0.39, 0.29) is 28.5 Å². The Morgan fingerprint density at radius 3 is 1.55 bits per heavy atom. The van der Waals surface area contributed by atoms with Crippen LogP contribution in [0.25, 0.3) is 104 Å². The molecule has 0 aliphatic carbocycles. The number of furan rings is 1. The molecule has 3 aliphatic rings. The molecule has 7 heterocycles. The highest BCUT2D eigenvalue weighted by Crippen LogP contribution is 2.57. The quantitative estimate of drug-likeness (QED) is 0.153. The van der Waals surface area contributed by atoms with Crippen LogP contribution in [0, 0.1) is 0 Å². The van der Waals surface area contributed by atoms with Crippen molar-refractivity contribution in [2.24, 2.45) is 0 Å². The van der Waals surface area contributed by atoms with Gasteiger partial charge in [-0.2, -0.15) is 0 Å². The summed E-state index contributed by atoms with van der Waals surface area (Å²) in [6, 6.07) is 47.5. The summed E-state index contributed by atoms with van der Waals surface area (Å²) in [7, 11) is 0. The van der Waals surface area contributed by atoms with E-state index in [1.807, 2.05) is 0 Å². The van der Waals surface area contributed by atoms with Crippen LogP contribution in [0.15, 0.2) is 126 Å². The van der Waals surface area contributed by atoms with Gasteiger partial charge in [0.1, 0.15) is 11.2 Å². The number of anilines is 3. The van der Waals surface area contributed by atoms with E-state index in [1.165, 1.54) is 143 Å². The maximum atomic E-state index is 7.10. The molecule has 0 saturated carbocycles. The minimum atomic E-state index is -0.101. The van der Waals surface area contributed by atoms with E-state index in [4.69, 9.17) is 4.42 Å². The number of fused-ring (bicyclic) bond motifs is 14. The molecule has 3 aliphatic heterocycles. The second-order valence-corrected chi connectivity index (χ2v) is 25.0. The van der Waals surface area contributed by atoms with Crippen molar-refractivity contribution in [3.8, 4) is 22.3 Å². The zero-order valence-corrected chi connectivity index (χ0v) is 41.9. The topological polar surface area (TPSA) is 25.7 Å². The van der Waals surface area contributed by atoms with Crippen molar-refractivity contribution in [2.75, 3.05) is 4.90 Å². The van der Waals surface area contributed by atoms with E-state index in [0.717, 1.165) is 11.2 Å². The van der Waals surface area contributed by atoms with Gasteiger partial charge >= 0.3 is 6.85 Å². The van der Waals surface area contributed by atoms with E-state index in [2.05, 4.69) is 218 Å². The lowest BCUT2D eigenvalue weighted by molar-refractivity contribution is 0.568. The molecule has 4 nitrogen and oxygen atoms in total. The number of nitrogens with zero attached hydrogens (tertiary/aromatic N) is 3. The van der Waals surface area contributed by atoms with Gasteiger partial charge in [-0.3, -0.25) is 0 Å². The molecule has 336 valence electrons. The molecule has 0 atom stereocenters. The van der Waals surface area contributed by atoms with Crippen LogP contribution in [-0.4, -0.2) is 15.7 Å². The summed E-state index contributed by atoms with van der Waals surface area (Å²) in [4.78, 5) is 2.67. The van der Waals surface area contributed by atoms with Crippen LogP contribution in [0.3, 0.4) is 0 Å². The lowest BCUT2D eigenvalue weighted by Gasteiger charge is -2.44. The number of para-hydroxylation sites is 3. The van der Waals surface area contributed by atoms with E-state index in [1.54, 1.807) is 0 Å². The summed E-state index contributed by atoms with van der Waals surface area (Å²) in [5, 5.41) is 10.3. The van der Waals surface area contributed by atoms with Crippen molar-refractivity contribution in [3.05, 3.63) is 144 Å². The number of aromatic nitrogens is 2. The fourth-order valence-electron chi connectivity index (χ4n) is 13.2. The predicted molar refractivity (Wildman–Crippen MR) is 296 cm³/mol. The Kier molecular flexibility index (Phi) is 7.09. The summed E-state index contributed by atoms with van der Waals surface area (Å²) in [6.07, 6.45) is 0. The largest absolute Gasteiger partial charge is 0.456 e. The minimum Gasteiger partial charge on any atom is -0.456 e. The summed E-state index contributed by atoms with van der Waals surface area (Å²) in [5.74, 6) is 0. The second kappa shape index (κ2) is 12.2. The zero-order chi connectivity index (χ0) is 47.3. The number of rotatable bonds is 1. The van der Waals surface area contributed by atoms with Crippen molar-refractivity contribution in [1.29, 1.82) is 0 Å². The third-order valence-corrected chi connectivity index (χ3v) is 16.7. The Bertz CT molecular complexity index is 4320. The maximum Gasteiger partial charge on any atom is 0.333 e. The van der Waals surface area contributed by atoms with E-state index in [0.29, 0.717) is 0 Å². The van der Waals surface area contributed by atoms with E-state index in [9.17, 15) is 0 Å². The van der Waals surface area contributed by atoms with Gasteiger partial charge in [-0.25, -0.2) is 0 Å². The molecule has 8 aromatic carbocycles. The Morgan fingerprint density at radius 1 is 0.406 bits per heavy atom. The standard InChI is InChI=1S/C64H56BN3O/c1-61(2,3)33-24-34(62(4,5)6)26-37(25-33)66-48-31-44-40-21-17-20-39-38-18-13-15-22-47(38)67(57(39)40)60(44)54-46-30-36(64(10,11)12)28-43-42-27-35(63(7,8)9)29-45-53-52-41-19-14-16-23-50(41)69-51(52)32-49(66)55(53)65(56(48)54)68(58(42)45)59(43)46/h13-32H,1-12H3. The van der Waals surface area contributed by atoms with Crippen LogP contribution in [0.2, 0.25) is 0 Å². The van der Waals surface area contributed by atoms with Gasteiger partial charge in [-0.15, -0.1) is 0 Å². The molecular weight excluding hydrogens is 838 g/mol. The predicted octanol–water partition coefficient (Wildman–Crippen LogP) is 16.4. The Morgan fingerprint density at radius 2 is 0.913 bits per heavy atom. The summed E-state index contributed by atoms with van der Waals surface area (Å²) in [5.41, 5.74) is 25.1. The molecule has 0 radical (unpaired) electrons. The highest BCUT2D eigenvalue weighted by molar-refractivity contribution is 6.92. The SMILES string of the molecule is CC(C)(C)c1cc(N2c3cc4oc5ccccc5c4c4c3B3c5c2cc2c6cccc7c8ccccc8n(c2c5-c2cc(C(C)(C)C)cc5c8cc(C(C)(C)C)cc-4c8n3c25)c76)cc(C(C)(C)C)c1. The average molecular weight is 894 g/mol. The monoisotopic (exact) mass is 893 g/mol. The summed E-state index contributed by atoms with van der Waals surface area (Å²) < 4.78 is 12.6. The van der Waals surface area contributed by atoms with Crippen LogP contribution >= 0.6 is 0 Å². The molecule has 12 aromatic rings. The molecule has 0 spiro atoms. The average Bonchev–Trinajstić information content (AvgIpc) is 4.04. The van der Waals surface area contributed by atoms with Gasteiger partial charge in [-0.05, 0) is 115 Å². The van der Waals surface area contributed by atoms with Gasteiger partial charge in [-0.1, -0.05) is 144 Å². The molecule has 0 saturated heterocycles. The Balaban J connectivity index is 1.26. The van der Waals surface area contributed by atoms with Gasteiger partial charge in [0.2, 0.25) is 0 Å². The lowest BCUT2D eigenvalue weighted by atomic mass is 9.42. The van der Waals surface area contributed by atoms with Gasteiger partial charge < -0.3 is 18.2 Å². The third-order valence-electron chi connectivity index (χ3n) is 16.7. The number of hydrogen-bond donors (Lipinski definition) is 0. The van der Waals surface area contributed by atoms with Gasteiger partial charge in [0.05, 0.1) is 16.6 Å². The van der Waals surface area contributed by atoms with Gasteiger partial charge in [0, 0.05) is 93.9 Å². The smallest absolute Gasteiger partial charge is 0.333 e. The first kappa shape index (κ1) is 40.0. The molecule has 0 bridgehead atoms. The first-order valence-electron chi connectivity index (χ1n) is 25.1. The van der Waals surface area contributed by atoms with E-state index >= 15 is 0 Å². The molecule has 5 heteroatoms. The molecule has 69 heavy (non-hydrogen) atoms. The third kappa shape index (κ3) is 4.87. The molecule has 0 amide bonds. The van der Waals surface area contributed by atoms with Crippen molar-refractivity contribution < 1.29 is 4.42 Å². The molecule has 15 rings (SSSR count). The number of benzene rings is 8. The van der Waals surface area contributed by atoms with Gasteiger partial charge in [0.25, 0.3) is 0 Å². The van der Waals surface area contributed by atoms with Crippen molar-refractivity contribution in [3.63, 3.8) is 0 Å². The van der Waals surface area contributed by atoms with E-state index < -0.39 is 0 Å². The molecular formula is C64H56BN3O. The van der Waals surface area contributed by atoms with Crippen LogP contribution in [0.4, 0.5) is 17.1 Å². The fourth-order valence-corrected chi connectivity index (χ4v) is 13.2. The van der Waals surface area contributed by atoms with Crippen LogP contribution < -0.4 is 15.8 Å². The highest BCUT2D eigenvalue weighted by Gasteiger charge is 2.49. The molecule has 4 aromatic heterocycles. The lowest BCUT2D eigenvalue weighted by Crippen LogP contribution is -2.58. The maximum absolute atomic E-state index is 7.10. The molecule has 0 N–H and O–H groups in total. The normalized spacial score (nSPS) is 14.6. The van der Waals surface area contributed by atoms with Crippen LogP contribution in [0.1, 0.15) is 105 Å². The van der Waals surface area contributed by atoms with Crippen LogP contribution in [-0.2, 0) is 21.7 Å². The Hall–Kier alpha value is -6.98. The molecule has 0 unspecified atom stereocenters. The van der Waals surface area contributed by atoms with Gasteiger partial charge in [0.15, 0.2) is 0 Å². The Labute approximate surface area is 403 Å². The summed E-state index contributed by atoms with van der Waals surface area (Å²) in [6.45, 7) is 28.4. The van der Waals surface area contributed by atoms with Crippen molar-refractivity contribution >= 4 is 117 Å². The fraction of sp³-hybridized carbons (Fsp3) is 0.250. The second-order valence-electron chi connectivity index (χ2n) is 25.0. The van der Waals surface area contributed by atoms with Crippen molar-refractivity contribution in [2.45, 2.75) is 105 Å². The first-order valence-corrected chi connectivity index (χ1v) is 25.1. The zero-order valence-electron chi connectivity index (χ0n) is 41.9. The first-order chi connectivity index (χ1) is 32.8.